The maximum Gasteiger partial charge on any atom is 0.410 e. The number of amides is 1. The number of nitrogens with zero attached hydrogens (tertiary/aromatic N) is 1. The van der Waals surface area contributed by atoms with Gasteiger partial charge >= 0.3 is 12.1 Å². The van der Waals surface area contributed by atoms with Crippen LogP contribution in [0.3, 0.4) is 0 Å². The van der Waals surface area contributed by atoms with Gasteiger partial charge in [-0.25, -0.2) is 4.79 Å². The lowest BCUT2D eigenvalue weighted by Gasteiger charge is -2.24. The molecule has 5 nitrogen and oxygen atoms in total. The van der Waals surface area contributed by atoms with Crippen LogP contribution in [0.1, 0.15) is 27.2 Å². The van der Waals surface area contributed by atoms with Crippen molar-refractivity contribution >= 4 is 23.8 Å². The highest BCUT2D eigenvalue weighted by Gasteiger charge is 2.24. The summed E-state index contributed by atoms with van der Waals surface area (Å²) in [7, 11) is 1.53. The quantitative estimate of drug-likeness (QED) is 0.736. The van der Waals surface area contributed by atoms with Gasteiger partial charge in [-0.2, -0.15) is 11.8 Å². The fourth-order valence-electron chi connectivity index (χ4n) is 1.43. The summed E-state index contributed by atoms with van der Waals surface area (Å²) in [6.45, 7) is 5.28. The number of likely N-dealkylation sites (N-methyl/N-ethyl adjacent to an activating group) is 1. The number of carbonyl (C=O) groups excluding carboxylic acids is 2. The zero-order valence-electron chi connectivity index (χ0n) is 11.4. The first kappa shape index (κ1) is 15.1. The molecule has 0 N–H and O–H groups in total. The van der Waals surface area contributed by atoms with Gasteiger partial charge in [-0.1, -0.05) is 0 Å². The molecule has 0 radical (unpaired) electrons. The Morgan fingerprint density at radius 1 is 1.39 bits per heavy atom. The van der Waals surface area contributed by atoms with E-state index < -0.39 is 11.7 Å². The van der Waals surface area contributed by atoms with Crippen LogP contribution >= 0.6 is 11.8 Å². The van der Waals surface area contributed by atoms with Gasteiger partial charge in [-0.05, 0) is 32.9 Å². The molecule has 1 aliphatic rings. The normalized spacial score (nSPS) is 19.4. The summed E-state index contributed by atoms with van der Waals surface area (Å²) in [6, 6.07) is 0. The van der Waals surface area contributed by atoms with Crippen molar-refractivity contribution in [3.63, 3.8) is 0 Å². The Morgan fingerprint density at radius 2 is 2.06 bits per heavy atom. The van der Waals surface area contributed by atoms with E-state index in [1.165, 1.54) is 11.9 Å². The van der Waals surface area contributed by atoms with Gasteiger partial charge in [0.05, 0.1) is 0 Å². The lowest BCUT2D eigenvalue weighted by atomic mass is 10.2. The summed E-state index contributed by atoms with van der Waals surface area (Å²) in [4.78, 5) is 24.5. The summed E-state index contributed by atoms with van der Waals surface area (Å²) < 4.78 is 10.4. The number of hydrogen-bond donors (Lipinski definition) is 0. The van der Waals surface area contributed by atoms with E-state index in [9.17, 15) is 9.59 Å². The third kappa shape index (κ3) is 5.62. The molecule has 1 amide bonds. The van der Waals surface area contributed by atoms with Crippen molar-refractivity contribution in [2.75, 3.05) is 25.1 Å². The summed E-state index contributed by atoms with van der Waals surface area (Å²) in [5.41, 5.74) is -0.558. The van der Waals surface area contributed by atoms with Crippen molar-refractivity contribution in [1.29, 1.82) is 0 Å². The molecular weight excluding hydrogens is 254 g/mol. The van der Waals surface area contributed by atoms with Crippen LogP contribution in [0.25, 0.3) is 0 Å². The predicted molar refractivity (Wildman–Crippen MR) is 70.7 cm³/mol. The monoisotopic (exact) mass is 275 g/mol. The van der Waals surface area contributed by atoms with E-state index in [2.05, 4.69) is 0 Å². The third-order valence-electron chi connectivity index (χ3n) is 2.26. The predicted octanol–water partition coefficient (Wildman–Crippen LogP) is 1.90. The van der Waals surface area contributed by atoms with Gasteiger partial charge in [-0.15, -0.1) is 0 Å². The lowest BCUT2D eigenvalue weighted by molar-refractivity contribution is -0.148. The second kappa shape index (κ2) is 6.31. The van der Waals surface area contributed by atoms with Gasteiger partial charge in [0.25, 0.3) is 0 Å². The second-order valence-corrected chi connectivity index (χ2v) is 6.46. The second-order valence-electron chi connectivity index (χ2n) is 5.31. The largest absolute Gasteiger partial charge is 0.460 e. The van der Waals surface area contributed by atoms with E-state index in [1.807, 2.05) is 0 Å². The average Bonchev–Trinajstić information content (AvgIpc) is 2.67. The average molecular weight is 275 g/mol. The van der Waals surface area contributed by atoms with Crippen LogP contribution in [-0.2, 0) is 14.3 Å². The molecule has 0 aromatic rings. The topological polar surface area (TPSA) is 55.8 Å². The van der Waals surface area contributed by atoms with E-state index >= 15 is 0 Å². The molecule has 0 spiro atoms. The summed E-state index contributed by atoms with van der Waals surface area (Å²) in [5, 5.41) is 0. The van der Waals surface area contributed by atoms with Gasteiger partial charge in [-0.3, -0.25) is 4.79 Å². The van der Waals surface area contributed by atoms with Crippen molar-refractivity contribution in [2.24, 2.45) is 0 Å². The number of esters is 1. The molecule has 0 aliphatic carbocycles. The number of ether oxygens (including phenoxy) is 2. The number of carbonyl (C=O) groups is 2. The first-order valence-corrected chi connectivity index (χ1v) is 7.15. The van der Waals surface area contributed by atoms with Crippen molar-refractivity contribution < 1.29 is 19.1 Å². The number of hydrogen-bond acceptors (Lipinski definition) is 5. The molecular formula is C12H21NO4S. The summed E-state index contributed by atoms with van der Waals surface area (Å²) in [6.07, 6.45) is 0.377. The van der Waals surface area contributed by atoms with Crippen LogP contribution in [0.4, 0.5) is 4.79 Å². The minimum Gasteiger partial charge on any atom is -0.460 e. The minimum absolute atomic E-state index is 0.00506. The van der Waals surface area contributed by atoms with E-state index in [0.717, 1.165) is 17.9 Å². The van der Waals surface area contributed by atoms with Crippen LogP contribution < -0.4 is 0 Å². The molecule has 0 aromatic carbocycles. The maximum atomic E-state index is 11.6. The Morgan fingerprint density at radius 3 is 2.56 bits per heavy atom. The van der Waals surface area contributed by atoms with Gasteiger partial charge < -0.3 is 14.4 Å². The molecule has 1 rings (SSSR count). The zero-order chi connectivity index (χ0) is 13.8. The van der Waals surface area contributed by atoms with Gasteiger partial charge in [0.2, 0.25) is 0 Å². The molecule has 104 valence electrons. The Bertz CT molecular complexity index is 308. The summed E-state index contributed by atoms with van der Waals surface area (Å²) >= 11 is 1.77. The molecule has 0 bridgehead atoms. The number of thioether (sulfide) groups is 1. The van der Waals surface area contributed by atoms with E-state index in [1.54, 1.807) is 32.5 Å². The Kier molecular flexibility index (Phi) is 5.31. The van der Waals surface area contributed by atoms with Crippen molar-refractivity contribution in [1.82, 2.24) is 4.90 Å². The van der Waals surface area contributed by atoms with Crippen LogP contribution in [-0.4, -0.2) is 53.8 Å². The molecule has 1 fully saturated rings. The van der Waals surface area contributed by atoms with E-state index in [-0.39, 0.29) is 18.6 Å². The maximum absolute atomic E-state index is 11.6. The van der Waals surface area contributed by atoms with Crippen molar-refractivity contribution in [3.8, 4) is 0 Å². The van der Waals surface area contributed by atoms with Crippen LogP contribution in [0.2, 0.25) is 0 Å². The minimum atomic E-state index is -0.558. The van der Waals surface area contributed by atoms with Crippen LogP contribution in [0.5, 0.6) is 0 Å². The number of rotatable bonds is 3. The molecule has 0 aromatic heterocycles. The first-order chi connectivity index (χ1) is 8.28. The third-order valence-corrected chi connectivity index (χ3v) is 3.39. The Hall–Kier alpha value is -0.910. The van der Waals surface area contributed by atoms with Gasteiger partial charge in [0, 0.05) is 12.8 Å². The van der Waals surface area contributed by atoms with Crippen LogP contribution in [0.15, 0.2) is 0 Å². The lowest BCUT2D eigenvalue weighted by Crippen LogP contribution is -2.38. The van der Waals surface area contributed by atoms with Gasteiger partial charge in [0.15, 0.2) is 0 Å². The zero-order valence-corrected chi connectivity index (χ0v) is 12.2. The van der Waals surface area contributed by atoms with E-state index in [0.29, 0.717) is 0 Å². The highest BCUT2D eigenvalue weighted by Crippen LogP contribution is 2.20. The Balaban J connectivity index is 2.31. The van der Waals surface area contributed by atoms with Crippen molar-refractivity contribution in [2.45, 2.75) is 38.9 Å². The summed E-state index contributed by atoms with van der Waals surface area (Å²) in [5.74, 6) is 1.50. The molecule has 0 saturated carbocycles. The van der Waals surface area contributed by atoms with E-state index in [4.69, 9.17) is 9.47 Å². The molecule has 6 heteroatoms. The fourth-order valence-corrected chi connectivity index (χ4v) is 2.52. The SMILES string of the molecule is CN(CC(=O)OC1CCSC1)C(=O)OC(C)(C)C. The van der Waals surface area contributed by atoms with Crippen molar-refractivity contribution in [3.05, 3.63) is 0 Å². The fraction of sp³-hybridized carbons (Fsp3) is 0.833. The highest BCUT2D eigenvalue weighted by atomic mass is 32.2. The molecule has 1 aliphatic heterocycles. The van der Waals surface area contributed by atoms with Gasteiger partial charge in [0.1, 0.15) is 18.2 Å². The standard InChI is InChI=1S/C12H21NO4S/c1-12(2,3)17-11(15)13(4)7-10(14)16-9-5-6-18-8-9/h9H,5-8H2,1-4H3. The Labute approximate surface area is 112 Å². The molecule has 1 unspecified atom stereocenters. The molecule has 1 heterocycles. The molecule has 1 saturated heterocycles. The first-order valence-electron chi connectivity index (χ1n) is 5.99. The molecule has 1 atom stereocenters. The van der Waals surface area contributed by atoms with Crippen LogP contribution in [0, 0.1) is 0 Å². The highest BCUT2D eigenvalue weighted by molar-refractivity contribution is 7.99. The smallest absolute Gasteiger partial charge is 0.410 e. The molecule has 18 heavy (non-hydrogen) atoms.